The molecule has 4 rings (SSSR count). The van der Waals surface area contributed by atoms with Crippen LogP contribution in [0.25, 0.3) is 11.0 Å². The van der Waals surface area contributed by atoms with Crippen molar-refractivity contribution >= 4 is 16.9 Å². The number of aryl methyl sites for hydroxylation is 1. The molecule has 1 amide bonds. The van der Waals surface area contributed by atoms with Crippen LogP contribution in [0.1, 0.15) is 37.4 Å². The highest BCUT2D eigenvalue weighted by Gasteiger charge is 2.25. The Hall–Kier alpha value is -2.76. The van der Waals surface area contributed by atoms with E-state index in [1.807, 2.05) is 39.9 Å². The van der Waals surface area contributed by atoms with Gasteiger partial charge < -0.3 is 9.47 Å². The fourth-order valence-corrected chi connectivity index (χ4v) is 3.40. The van der Waals surface area contributed by atoms with E-state index in [-0.39, 0.29) is 5.91 Å². The first-order valence-electron chi connectivity index (χ1n) is 9.11. The number of rotatable bonds is 5. The summed E-state index contributed by atoms with van der Waals surface area (Å²) in [6, 6.07) is 7.98. The molecule has 6 heteroatoms. The molecule has 2 aromatic heterocycles. The van der Waals surface area contributed by atoms with Crippen molar-refractivity contribution in [2.24, 2.45) is 5.92 Å². The molecule has 0 radical (unpaired) electrons. The fraction of sp³-hybridized carbons (Fsp3) is 0.400. The van der Waals surface area contributed by atoms with E-state index in [4.69, 9.17) is 0 Å². The van der Waals surface area contributed by atoms with Crippen LogP contribution in [0.3, 0.4) is 0 Å². The second-order valence-corrected chi connectivity index (χ2v) is 7.28. The Morgan fingerprint density at radius 2 is 2.04 bits per heavy atom. The predicted molar refractivity (Wildman–Crippen MR) is 99.2 cm³/mol. The highest BCUT2D eigenvalue weighted by Crippen LogP contribution is 2.22. The molecule has 1 aliphatic rings. The zero-order valence-corrected chi connectivity index (χ0v) is 15.2. The lowest BCUT2D eigenvalue weighted by Crippen LogP contribution is -2.26. The van der Waals surface area contributed by atoms with Gasteiger partial charge in [-0.15, -0.1) is 0 Å². The van der Waals surface area contributed by atoms with Crippen LogP contribution in [0.2, 0.25) is 0 Å². The van der Waals surface area contributed by atoms with Crippen LogP contribution in [0.5, 0.6) is 0 Å². The maximum Gasteiger partial charge on any atom is 0.225 e. The van der Waals surface area contributed by atoms with E-state index in [2.05, 4.69) is 28.8 Å². The van der Waals surface area contributed by atoms with Crippen LogP contribution in [0.4, 0.5) is 0 Å². The highest BCUT2D eigenvalue weighted by atomic mass is 16.2. The molecular formula is C20H23N5O. The molecule has 0 bridgehead atoms. The summed E-state index contributed by atoms with van der Waals surface area (Å²) in [4.78, 5) is 28.0. The van der Waals surface area contributed by atoms with Gasteiger partial charge in [0.25, 0.3) is 0 Å². The van der Waals surface area contributed by atoms with E-state index in [9.17, 15) is 4.79 Å². The van der Waals surface area contributed by atoms with Crippen LogP contribution in [-0.2, 0) is 30.8 Å². The van der Waals surface area contributed by atoms with Gasteiger partial charge >= 0.3 is 0 Å². The van der Waals surface area contributed by atoms with Crippen LogP contribution in [0, 0.1) is 5.92 Å². The summed E-state index contributed by atoms with van der Waals surface area (Å²) < 4.78 is 2.04. The van der Waals surface area contributed by atoms with Gasteiger partial charge in [0.15, 0.2) is 0 Å². The van der Waals surface area contributed by atoms with Crippen LogP contribution >= 0.6 is 0 Å². The van der Waals surface area contributed by atoms with Gasteiger partial charge in [-0.2, -0.15) is 0 Å². The van der Waals surface area contributed by atoms with Gasteiger partial charge in [-0.25, -0.2) is 15.0 Å². The Kier molecular flexibility index (Phi) is 4.41. The molecule has 26 heavy (non-hydrogen) atoms. The van der Waals surface area contributed by atoms with Gasteiger partial charge in [-0.05, 0) is 18.1 Å². The number of carbonyl (C=O) groups excluding carboxylic acids is 1. The van der Waals surface area contributed by atoms with Gasteiger partial charge in [-0.1, -0.05) is 26.0 Å². The zero-order valence-electron chi connectivity index (χ0n) is 15.2. The first-order valence-corrected chi connectivity index (χ1v) is 9.11. The number of benzene rings is 1. The van der Waals surface area contributed by atoms with E-state index in [1.54, 1.807) is 6.33 Å². The molecule has 3 aromatic rings. The molecule has 6 nitrogen and oxygen atoms in total. The molecule has 0 fully saturated rings. The molecule has 0 saturated heterocycles. The van der Waals surface area contributed by atoms with E-state index in [1.165, 1.54) is 0 Å². The monoisotopic (exact) mass is 349 g/mol. The molecule has 0 atom stereocenters. The Balaban J connectivity index is 1.40. The number of nitrogens with zero attached hydrogens (tertiary/aromatic N) is 5. The first-order chi connectivity index (χ1) is 12.6. The number of para-hydroxylation sites is 2. The third-order valence-electron chi connectivity index (χ3n) is 4.74. The smallest absolute Gasteiger partial charge is 0.225 e. The number of hydrogen-bond acceptors (Lipinski definition) is 4. The number of carbonyl (C=O) groups is 1. The topological polar surface area (TPSA) is 63.9 Å². The number of imidazole rings is 1. The Labute approximate surface area is 152 Å². The third-order valence-corrected chi connectivity index (χ3v) is 4.74. The van der Waals surface area contributed by atoms with Crippen molar-refractivity contribution in [1.29, 1.82) is 0 Å². The maximum absolute atomic E-state index is 12.7. The largest absolute Gasteiger partial charge is 0.332 e. The van der Waals surface area contributed by atoms with Crippen LogP contribution in [0.15, 0.2) is 36.8 Å². The van der Waals surface area contributed by atoms with Gasteiger partial charge in [0.1, 0.15) is 5.82 Å². The van der Waals surface area contributed by atoms with Gasteiger partial charge in [0.05, 0.1) is 29.6 Å². The minimum absolute atomic E-state index is 0.145. The van der Waals surface area contributed by atoms with E-state index < -0.39 is 0 Å². The average molecular weight is 349 g/mol. The molecule has 3 heterocycles. The van der Waals surface area contributed by atoms with Gasteiger partial charge in [0.2, 0.25) is 5.91 Å². The van der Waals surface area contributed by atoms with Gasteiger partial charge in [0, 0.05) is 37.7 Å². The van der Waals surface area contributed by atoms with E-state index in [0.29, 0.717) is 32.0 Å². The van der Waals surface area contributed by atoms with Crippen LogP contribution in [-0.4, -0.2) is 30.3 Å². The van der Waals surface area contributed by atoms with Crippen LogP contribution < -0.4 is 0 Å². The minimum Gasteiger partial charge on any atom is -0.332 e. The third kappa shape index (κ3) is 3.31. The maximum atomic E-state index is 12.7. The Morgan fingerprint density at radius 3 is 2.88 bits per heavy atom. The van der Waals surface area contributed by atoms with Crippen molar-refractivity contribution < 1.29 is 4.79 Å². The standard InChI is InChI=1S/C20H23N5O/c1-14(2)9-19-21-10-15-11-25(12-17(15)23-19)20(26)7-8-24-13-22-16-5-3-4-6-18(16)24/h3-6,10,13-14H,7-9,11-12H2,1-2H3. The molecule has 1 aromatic carbocycles. The second-order valence-electron chi connectivity index (χ2n) is 7.28. The first kappa shape index (κ1) is 16.7. The molecule has 0 N–H and O–H groups in total. The highest BCUT2D eigenvalue weighted by molar-refractivity contribution is 5.78. The molecule has 134 valence electrons. The van der Waals surface area contributed by atoms with Crippen molar-refractivity contribution in [3.05, 3.63) is 53.9 Å². The Bertz CT molecular complexity index is 946. The lowest BCUT2D eigenvalue weighted by molar-refractivity contribution is -0.132. The summed E-state index contributed by atoms with van der Waals surface area (Å²) in [5.41, 5.74) is 4.09. The summed E-state index contributed by atoms with van der Waals surface area (Å²) in [5.74, 6) is 1.54. The molecular weight excluding hydrogens is 326 g/mol. The summed E-state index contributed by atoms with van der Waals surface area (Å²) in [6.07, 6.45) is 5.02. The van der Waals surface area contributed by atoms with Crippen molar-refractivity contribution in [1.82, 2.24) is 24.4 Å². The predicted octanol–water partition coefficient (Wildman–Crippen LogP) is 2.96. The quantitative estimate of drug-likeness (QED) is 0.710. The van der Waals surface area contributed by atoms with E-state index >= 15 is 0 Å². The van der Waals surface area contributed by atoms with Crippen molar-refractivity contribution in [3.63, 3.8) is 0 Å². The molecule has 1 aliphatic heterocycles. The van der Waals surface area contributed by atoms with Crippen molar-refractivity contribution in [2.45, 2.75) is 46.3 Å². The number of amides is 1. The summed E-state index contributed by atoms with van der Waals surface area (Å²) in [7, 11) is 0. The summed E-state index contributed by atoms with van der Waals surface area (Å²) >= 11 is 0. The lowest BCUT2D eigenvalue weighted by Gasteiger charge is -2.15. The fourth-order valence-electron chi connectivity index (χ4n) is 3.40. The molecule has 0 aliphatic carbocycles. The normalized spacial score (nSPS) is 13.6. The number of aromatic nitrogens is 4. The molecule has 0 saturated carbocycles. The SMILES string of the molecule is CC(C)Cc1ncc2c(n1)CN(C(=O)CCn1cnc3ccccc31)C2. The van der Waals surface area contributed by atoms with E-state index in [0.717, 1.165) is 34.5 Å². The summed E-state index contributed by atoms with van der Waals surface area (Å²) in [6.45, 7) is 6.15. The average Bonchev–Trinajstić information content (AvgIpc) is 3.23. The lowest BCUT2D eigenvalue weighted by atomic mass is 10.1. The van der Waals surface area contributed by atoms with Crippen molar-refractivity contribution in [3.8, 4) is 0 Å². The number of hydrogen-bond donors (Lipinski definition) is 0. The van der Waals surface area contributed by atoms with Crippen molar-refractivity contribution in [2.75, 3.05) is 0 Å². The Morgan fingerprint density at radius 1 is 1.19 bits per heavy atom. The zero-order chi connectivity index (χ0) is 18.1. The summed E-state index contributed by atoms with van der Waals surface area (Å²) in [5, 5.41) is 0. The minimum atomic E-state index is 0.145. The number of fused-ring (bicyclic) bond motifs is 2. The molecule has 0 unspecified atom stereocenters. The molecule has 0 spiro atoms. The second kappa shape index (κ2) is 6.86. The van der Waals surface area contributed by atoms with Gasteiger partial charge in [-0.3, -0.25) is 4.79 Å².